The zero-order chi connectivity index (χ0) is 15.5. The summed E-state index contributed by atoms with van der Waals surface area (Å²) in [6, 6.07) is 0.297. The van der Waals surface area contributed by atoms with Crippen molar-refractivity contribution in [3.63, 3.8) is 0 Å². The van der Waals surface area contributed by atoms with Crippen LogP contribution in [-0.4, -0.2) is 74.2 Å². The average Bonchev–Trinajstić information content (AvgIpc) is 3.08. The monoisotopic (exact) mass is 315 g/mol. The molecule has 2 heterocycles. The topological polar surface area (TPSA) is 70.5 Å². The second-order valence-electron chi connectivity index (χ2n) is 5.67. The van der Waals surface area contributed by atoms with Crippen molar-refractivity contribution in [2.75, 3.05) is 40.8 Å². The summed E-state index contributed by atoms with van der Waals surface area (Å²) in [5.41, 5.74) is 0. The third-order valence-corrected chi connectivity index (χ3v) is 5.74. The van der Waals surface area contributed by atoms with Crippen molar-refractivity contribution in [3.8, 4) is 0 Å². The van der Waals surface area contributed by atoms with E-state index in [1.807, 2.05) is 21.1 Å². The van der Waals surface area contributed by atoms with E-state index >= 15 is 0 Å². The van der Waals surface area contributed by atoms with E-state index in [2.05, 4.69) is 15.3 Å². The van der Waals surface area contributed by atoms with Gasteiger partial charge in [-0.2, -0.15) is 9.40 Å². The highest BCUT2D eigenvalue weighted by atomic mass is 32.2. The van der Waals surface area contributed by atoms with Gasteiger partial charge < -0.3 is 10.2 Å². The average molecular weight is 315 g/mol. The fourth-order valence-electron chi connectivity index (χ4n) is 2.52. The Morgan fingerprint density at radius 1 is 1.48 bits per heavy atom. The van der Waals surface area contributed by atoms with Crippen LogP contribution in [0.5, 0.6) is 0 Å². The third kappa shape index (κ3) is 3.82. The van der Waals surface area contributed by atoms with Crippen LogP contribution in [0.3, 0.4) is 0 Å². The smallest absolute Gasteiger partial charge is 0.246 e. The van der Waals surface area contributed by atoms with E-state index in [4.69, 9.17) is 0 Å². The van der Waals surface area contributed by atoms with Crippen molar-refractivity contribution in [2.45, 2.75) is 30.3 Å². The standard InChI is InChI=1S/C13H25N5O2S/c1-14-6-4-7-17-11-13(9-15-17)21(19,20)18-8-5-12(10-18)16(2)3/h9,11-12,14H,4-8,10H2,1-3H3. The highest BCUT2D eigenvalue weighted by molar-refractivity contribution is 7.89. The van der Waals surface area contributed by atoms with Gasteiger partial charge in [0, 0.05) is 31.9 Å². The van der Waals surface area contributed by atoms with Crippen LogP contribution >= 0.6 is 0 Å². The van der Waals surface area contributed by atoms with Gasteiger partial charge >= 0.3 is 0 Å². The summed E-state index contributed by atoms with van der Waals surface area (Å²) >= 11 is 0. The molecule has 8 heteroatoms. The molecule has 7 nitrogen and oxygen atoms in total. The second-order valence-corrected chi connectivity index (χ2v) is 7.60. The van der Waals surface area contributed by atoms with Gasteiger partial charge in [-0.25, -0.2) is 8.42 Å². The Balaban J connectivity index is 2.03. The van der Waals surface area contributed by atoms with Gasteiger partial charge in [0.1, 0.15) is 4.90 Å². The van der Waals surface area contributed by atoms with Gasteiger partial charge in [-0.15, -0.1) is 0 Å². The minimum atomic E-state index is -3.41. The summed E-state index contributed by atoms with van der Waals surface area (Å²) in [6.45, 7) is 2.74. The first-order chi connectivity index (χ1) is 9.95. The molecule has 1 aliphatic rings. The molecule has 1 fully saturated rings. The lowest BCUT2D eigenvalue weighted by atomic mass is 10.2. The summed E-state index contributed by atoms with van der Waals surface area (Å²) < 4.78 is 28.4. The molecular weight excluding hydrogens is 290 g/mol. The number of aryl methyl sites for hydroxylation is 1. The van der Waals surface area contributed by atoms with E-state index in [0.717, 1.165) is 25.9 Å². The quantitative estimate of drug-likeness (QED) is 0.707. The molecule has 1 unspecified atom stereocenters. The molecule has 21 heavy (non-hydrogen) atoms. The highest BCUT2D eigenvalue weighted by Gasteiger charge is 2.34. The first kappa shape index (κ1) is 16.4. The Morgan fingerprint density at radius 2 is 2.24 bits per heavy atom. The first-order valence-electron chi connectivity index (χ1n) is 7.29. The van der Waals surface area contributed by atoms with E-state index in [1.54, 1.807) is 15.2 Å². The molecule has 0 radical (unpaired) electrons. The molecule has 0 spiro atoms. The van der Waals surface area contributed by atoms with Crippen LogP contribution in [0.4, 0.5) is 0 Å². The van der Waals surface area contributed by atoms with Gasteiger partial charge in [-0.3, -0.25) is 4.68 Å². The molecule has 1 saturated heterocycles. The maximum atomic E-state index is 12.6. The molecule has 0 aliphatic carbocycles. The number of rotatable bonds is 7. The van der Waals surface area contributed by atoms with Crippen molar-refractivity contribution in [1.29, 1.82) is 0 Å². The molecule has 1 aromatic rings. The minimum absolute atomic E-state index is 0.297. The Morgan fingerprint density at radius 3 is 2.86 bits per heavy atom. The number of aromatic nitrogens is 2. The van der Waals surface area contributed by atoms with Crippen molar-refractivity contribution in [2.24, 2.45) is 0 Å². The molecule has 0 saturated carbocycles. The van der Waals surface area contributed by atoms with E-state index in [1.165, 1.54) is 6.20 Å². The lowest BCUT2D eigenvalue weighted by molar-refractivity contribution is 0.302. The van der Waals surface area contributed by atoms with Gasteiger partial charge in [0.15, 0.2) is 0 Å². The van der Waals surface area contributed by atoms with E-state index < -0.39 is 10.0 Å². The molecule has 0 bridgehead atoms. The van der Waals surface area contributed by atoms with Gasteiger partial charge in [-0.1, -0.05) is 0 Å². The predicted octanol–water partition coefficient (Wildman–Crippen LogP) is -0.183. The van der Waals surface area contributed by atoms with E-state index in [-0.39, 0.29) is 0 Å². The number of sulfonamides is 1. The van der Waals surface area contributed by atoms with Crippen LogP contribution in [0.1, 0.15) is 12.8 Å². The molecule has 1 N–H and O–H groups in total. The van der Waals surface area contributed by atoms with Gasteiger partial charge in [0.25, 0.3) is 0 Å². The molecule has 1 aliphatic heterocycles. The largest absolute Gasteiger partial charge is 0.320 e. The maximum Gasteiger partial charge on any atom is 0.246 e. The molecular formula is C13H25N5O2S. The minimum Gasteiger partial charge on any atom is -0.320 e. The van der Waals surface area contributed by atoms with Crippen LogP contribution in [-0.2, 0) is 16.6 Å². The lowest BCUT2D eigenvalue weighted by Gasteiger charge is -2.19. The maximum absolute atomic E-state index is 12.6. The van der Waals surface area contributed by atoms with Crippen LogP contribution in [0.15, 0.2) is 17.3 Å². The zero-order valence-electron chi connectivity index (χ0n) is 13.0. The van der Waals surface area contributed by atoms with E-state index in [0.29, 0.717) is 24.0 Å². The van der Waals surface area contributed by atoms with Crippen LogP contribution in [0.25, 0.3) is 0 Å². The van der Waals surface area contributed by atoms with Crippen LogP contribution < -0.4 is 5.32 Å². The number of hydrogen-bond donors (Lipinski definition) is 1. The molecule has 0 aromatic carbocycles. The normalized spacial score (nSPS) is 20.5. The fraction of sp³-hybridized carbons (Fsp3) is 0.769. The summed E-state index contributed by atoms with van der Waals surface area (Å²) in [7, 11) is 2.46. The Bertz CT molecular complexity index is 555. The Labute approximate surface area is 127 Å². The molecule has 120 valence electrons. The van der Waals surface area contributed by atoms with Gasteiger partial charge in [-0.05, 0) is 40.5 Å². The number of nitrogens with zero attached hydrogens (tertiary/aromatic N) is 4. The summed E-state index contributed by atoms with van der Waals surface area (Å²) in [4.78, 5) is 2.38. The van der Waals surface area contributed by atoms with Crippen molar-refractivity contribution in [3.05, 3.63) is 12.4 Å². The molecule has 1 aromatic heterocycles. The molecule has 2 rings (SSSR count). The summed E-state index contributed by atoms with van der Waals surface area (Å²) in [5.74, 6) is 0. The SMILES string of the molecule is CNCCCn1cc(S(=O)(=O)N2CCC(N(C)C)C2)cn1. The number of hydrogen-bond acceptors (Lipinski definition) is 5. The highest BCUT2D eigenvalue weighted by Crippen LogP contribution is 2.22. The Hall–Kier alpha value is -0.960. The lowest BCUT2D eigenvalue weighted by Crippen LogP contribution is -2.34. The van der Waals surface area contributed by atoms with E-state index in [9.17, 15) is 8.42 Å². The van der Waals surface area contributed by atoms with Crippen molar-refractivity contribution in [1.82, 2.24) is 24.3 Å². The predicted molar refractivity (Wildman–Crippen MR) is 81.6 cm³/mol. The van der Waals surface area contributed by atoms with Crippen molar-refractivity contribution < 1.29 is 8.42 Å². The van der Waals surface area contributed by atoms with Gasteiger partial charge in [0.05, 0.1) is 6.20 Å². The van der Waals surface area contributed by atoms with Crippen LogP contribution in [0, 0.1) is 0 Å². The molecule has 0 amide bonds. The molecule has 1 atom stereocenters. The fourth-order valence-corrected chi connectivity index (χ4v) is 3.96. The number of likely N-dealkylation sites (N-methyl/N-ethyl adjacent to an activating group) is 1. The van der Waals surface area contributed by atoms with Gasteiger partial charge in [0.2, 0.25) is 10.0 Å². The van der Waals surface area contributed by atoms with Crippen molar-refractivity contribution >= 4 is 10.0 Å². The zero-order valence-corrected chi connectivity index (χ0v) is 13.8. The summed E-state index contributed by atoms with van der Waals surface area (Å²) in [5, 5.41) is 7.22. The second kappa shape index (κ2) is 6.87. The third-order valence-electron chi connectivity index (χ3n) is 3.92. The van der Waals surface area contributed by atoms with Crippen LogP contribution in [0.2, 0.25) is 0 Å². The first-order valence-corrected chi connectivity index (χ1v) is 8.73. The summed E-state index contributed by atoms with van der Waals surface area (Å²) in [6.07, 6.45) is 4.89. The number of nitrogens with one attached hydrogen (secondary N) is 1. The Kier molecular flexibility index (Phi) is 5.37.